The van der Waals surface area contributed by atoms with Crippen LogP contribution in [0.3, 0.4) is 0 Å². The summed E-state index contributed by atoms with van der Waals surface area (Å²) in [7, 11) is 1.26. The lowest BCUT2D eigenvalue weighted by atomic mass is 10.3. The molecule has 1 rings (SSSR count). The van der Waals surface area contributed by atoms with Crippen LogP contribution in [0, 0.1) is 0 Å². The average Bonchev–Trinajstić information content (AvgIpc) is 2.45. The second kappa shape index (κ2) is 7.98. The third-order valence-electron chi connectivity index (χ3n) is 2.97. The predicted octanol–water partition coefficient (Wildman–Crippen LogP) is 0.493. The number of carbonyl (C=O) groups excluding carboxylic acids is 2. The van der Waals surface area contributed by atoms with E-state index in [0.717, 1.165) is 0 Å². The molecule has 0 aromatic heterocycles. The van der Waals surface area contributed by atoms with Crippen molar-refractivity contribution in [3.8, 4) is 0 Å². The van der Waals surface area contributed by atoms with Crippen molar-refractivity contribution in [1.29, 1.82) is 0 Å². The SMILES string of the molecule is CCCN(CC(=O)OC)C(=O)N1CCSCC1C(=O)O. The van der Waals surface area contributed by atoms with Crippen LogP contribution >= 0.6 is 11.8 Å². The van der Waals surface area contributed by atoms with E-state index in [2.05, 4.69) is 4.74 Å². The summed E-state index contributed by atoms with van der Waals surface area (Å²) in [6, 6.07) is -1.25. The maximum atomic E-state index is 12.4. The van der Waals surface area contributed by atoms with Gasteiger partial charge in [0.2, 0.25) is 0 Å². The molecule has 0 aliphatic carbocycles. The first-order valence-electron chi connectivity index (χ1n) is 6.44. The van der Waals surface area contributed by atoms with Gasteiger partial charge in [0.15, 0.2) is 0 Å². The molecule has 0 radical (unpaired) electrons. The molecule has 0 bridgehead atoms. The van der Waals surface area contributed by atoms with E-state index in [1.807, 2.05) is 6.92 Å². The molecule has 0 aromatic carbocycles. The maximum absolute atomic E-state index is 12.4. The standard InChI is InChI=1S/C12H20N2O5S/c1-3-4-13(7-10(15)19-2)12(18)14-5-6-20-8-9(14)11(16)17/h9H,3-8H2,1-2H3,(H,16,17). The number of ether oxygens (including phenoxy) is 1. The number of hydrogen-bond donors (Lipinski definition) is 1. The summed E-state index contributed by atoms with van der Waals surface area (Å²) in [5.74, 6) is -0.447. The van der Waals surface area contributed by atoms with Crippen molar-refractivity contribution in [2.75, 3.05) is 38.2 Å². The first-order valence-corrected chi connectivity index (χ1v) is 7.59. The highest BCUT2D eigenvalue weighted by atomic mass is 32.2. The van der Waals surface area contributed by atoms with Crippen molar-refractivity contribution in [1.82, 2.24) is 9.80 Å². The summed E-state index contributed by atoms with van der Waals surface area (Å²) in [4.78, 5) is 37.7. The lowest BCUT2D eigenvalue weighted by Gasteiger charge is -2.36. The largest absolute Gasteiger partial charge is 0.480 e. The normalized spacial score (nSPS) is 18.5. The summed E-state index contributed by atoms with van der Waals surface area (Å²) < 4.78 is 4.57. The summed E-state index contributed by atoms with van der Waals surface area (Å²) in [5, 5.41) is 9.18. The zero-order valence-corrected chi connectivity index (χ0v) is 12.5. The van der Waals surface area contributed by atoms with Gasteiger partial charge in [0.1, 0.15) is 12.6 Å². The Labute approximate surface area is 122 Å². The number of nitrogens with zero attached hydrogens (tertiary/aromatic N) is 2. The summed E-state index contributed by atoms with van der Waals surface area (Å²) >= 11 is 1.51. The highest BCUT2D eigenvalue weighted by molar-refractivity contribution is 7.99. The zero-order chi connectivity index (χ0) is 15.1. The molecule has 1 heterocycles. The van der Waals surface area contributed by atoms with Gasteiger partial charge in [0.05, 0.1) is 7.11 Å². The smallest absolute Gasteiger partial charge is 0.327 e. The number of carboxylic acid groups (broad SMARTS) is 1. The zero-order valence-electron chi connectivity index (χ0n) is 11.7. The highest BCUT2D eigenvalue weighted by Crippen LogP contribution is 2.18. The van der Waals surface area contributed by atoms with E-state index in [9.17, 15) is 19.5 Å². The number of carbonyl (C=O) groups is 3. The predicted molar refractivity (Wildman–Crippen MR) is 74.7 cm³/mol. The Morgan fingerprint density at radius 1 is 1.45 bits per heavy atom. The van der Waals surface area contributed by atoms with E-state index in [4.69, 9.17) is 0 Å². The molecule has 1 aliphatic rings. The molecule has 20 heavy (non-hydrogen) atoms. The monoisotopic (exact) mass is 304 g/mol. The van der Waals surface area contributed by atoms with Crippen molar-refractivity contribution < 1.29 is 24.2 Å². The Morgan fingerprint density at radius 3 is 2.70 bits per heavy atom. The van der Waals surface area contributed by atoms with Gasteiger partial charge < -0.3 is 19.6 Å². The van der Waals surface area contributed by atoms with Crippen LogP contribution in [0.5, 0.6) is 0 Å². The molecule has 1 unspecified atom stereocenters. The summed E-state index contributed by atoms with van der Waals surface area (Å²) in [5.41, 5.74) is 0. The number of aliphatic carboxylic acids is 1. The van der Waals surface area contributed by atoms with Crippen LogP contribution in [-0.4, -0.2) is 77.2 Å². The Bertz CT molecular complexity index is 377. The molecule has 1 atom stereocenters. The van der Waals surface area contributed by atoms with Crippen LogP contribution in [0.1, 0.15) is 13.3 Å². The van der Waals surface area contributed by atoms with Gasteiger partial charge in [0.25, 0.3) is 0 Å². The van der Waals surface area contributed by atoms with Crippen LogP contribution in [0.4, 0.5) is 4.79 Å². The molecule has 114 valence electrons. The molecule has 2 amide bonds. The van der Waals surface area contributed by atoms with Gasteiger partial charge in [-0.1, -0.05) is 6.92 Å². The second-order valence-electron chi connectivity index (χ2n) is 4.40. The number of thioether (sulfide) groups is 1. The maximum Gasteiger partial charge on any atom is 0.327 e. The van der Waals surface area contributed by atoms with Crippen LogP contribution in [0.25, 0.3) is 0 Å². The fourth-order valence-electron chi connectivity index (χ4n) is 1.95. The first kappa shape index (κ1) is 16.6. The second-order valence-corrected chi connectivity index (χ2v) is 5.55. The van der Waals surface area contributed by atoms with Crippen LogP contribution in [0.15, 0.2) is 0 Å². The highest BCUT2D eigenvalue weighted by Gasteiger charge is 2.35. The van der Waals surface area contributed by atoms with Crippen LogP contribution < -0.4 is 0 Å². The van der Waals surface area contributed by atoms with Crippen molar-refractivity contribution in [3.63, 3.8) is 0 Å². The van der Waals surface area contributed by atoms with E-state index in [1.54, 1.807) is 0 Å². The Hall–Kier alpha value is -1.44. The molecule has 1 fully saturated rings. The number of hydrogen-bond acceptors (Lipinski definition) is 5. The quantitative estimate of drug-likeness (QED) is 0.744. The molecule has 0 spiro atoms. The summed E-state index contributed by atoms with van der Waals surface area (Å²) in [6.07, 6.45) is 0.684. The molecule has 7 nitrogen and oxygen atoms in total. The van der Waals surface area contributed by atoms with E-state index in [0.29, 0.717) is 31.0 Å². The van der Waals surface area contributed by atoms with Crippen LogP contribution in [0.2, 0.25) is 0 Å². The first-order chi connectivity index (χ1) is 9.51. The van der Waals surface area contributed by atoms with E-state index in [-0.39, 0.29) is 6.54 Å². The number of carboxylic acids is 1. The molecule has 1 N–H and O–H groups in total. The minimum atomic E-state index is -1.01. The Morgan fingerprint density at radius 2 is 2.15 bits per heavy atom. The van der Waals surface area contributed by atoms with Gasteiger partial charge >= 0.3 is 18.0 Å². The van der Waals surface area contributed by atoms with Gasteiger partial charge in [-0.25, -0.2) is 9.59 Å². The van der Waals surface area contributed by atoms with Crippen molar-refractivity contribution in [2.45, 2.75) is 19.4 Å². The minimum absolute atomic E-state index is 0.154. The molecular formula is C12H20N2O5S. The summed E-state index contributed by atoms with van der Waals surface area (Å²) in [6.45, 7) is 2.50. The number of rotatable bonds is 5. The lowest BCUT2D eigenvalue weighted by molar-refractivity contribution is -0.141. The fraction of sp³-hybridized carbons (Fsp3) is 0.750. The number of methoxy groups -OCH3 is 1. The molecule has 8 heteroatoms. The van der Waals surface area contributed by atoms with Crippen LogP contribution in [-0.2, 0) is 14.3 Å². The van der Waals surface area contributed by atoms with Crippen molar-refractivity contribution in [2.24, 2.45) is 0 Å². The number of urea groups is 1. The Kier molecular flexibility index (Phi) is 6.63. The molecule has 1 aliphatic heterocycles. The third kappa shape index (κ3) is 4.29. The van der Waals surface area contributed by atoms with E-state index in [1.165, 1.54) is 28.7 Å². The molecule has 0 saturated carbocycles. The number of esters is 1. The van der Waals surface area contributed by atoms with Gasteiger partial charge in [0, 0.05) is 24.6 Å². The van der Waals surface area contributed by atoms with Crippen molar-refractivity contribution in [3.05, 3.63) is 0 Å². The van der Waals surface area contributed by atoms with E-state index >= 15 is 0 Å². The van der Waals surface area contributed by atoms with Gasteiger partial charge in [-0.3, -0.25) is 4.79 Å². The topological polar surface area (TPSA) is 87.2 Å². The van der Waals surface area contributed by atoms with Gasteiger partial charge in [-0.2, -0.15) is 11.8 Å². The molecular weight excluding hydrogens is 284 g/mol. The third-order valence-corrected chi connectivity index (χ3v) is 3.99. The Balaban J connectivity index is 2.80. The van der Waals surface area contributed by atoms with E-state index < -0.39 is 24.0 Å². The number of amides is 2. The lowest BCUT2D eigenvalue weighted by Crippen LogP contribution is -2.55. The molecule has 1 saturated heterocycles. The van der Waals surface area contributed by atoms with Gasteiger partial charge in [-0.05, 0) is 6.42 Å². The molecule has 0 aromatic rings. The van der Waals surface area contributed by atoms with Gasteiger partial charge in [-0.15, -0.1) is 0 Å². The fourth-order valence-corrected chi connectivity index (χ4v) is 2.99. The average molecular weight is 304 g/mol. The van der Waals surface area contributed by atoms with Crippen molar-refractivity contribution >= 4 is 29.7 Å². The minimum Gasteiger partial charge on any atom is -0.480 e.